The molecular formula is C18H22BFO4. The standard InChI is InChI=1S/C18H22BFO4/c1-11-8-12(18(2,3)4)9-16(17(11)19(21)22)24-14-7-6-13(20)10-15(14)23-5/h6-10,21-22H,1-5H3. The molecule has 0 bridgehead atoms. The smallest absolute Gasteiger partial charge is 0.492 e. The third kappa shape index (κ3) is 3.89. The minimum atomic E-state index is -1.68. The van der Waals surface area contributed by atoms with Gasteiger partial charge in [0.2, 0.25) is 0 Å². The van der Waals surface area contributed by atoms with E-state index in [-0.39, 0.29) is 16.6 Å². The lowest BCUT2D eigenvalue weighted by Crippen LogP contribution is -2.34. The topological polar surface area (TPSA) is 58.9 Å². The first kappa shape index (κ1) is 18.3. The van der Waals surface area contributed by atoms with E-state index >= 15 is 0 Å². The number of hydrogen-bond acceptors (Lipinski definition) is 4. The highest BCUT2D eigenvalue weighted by Crippen LogP contribution is 2.34. The summed E-state index contributed by atoms with van der Waals surface area (Å²) < 4.78 is 24.3. The van der Waals surface area contributed by atoms with Gasteiger partial charge in [0.1, 0.15) is 11.6 Å². The third-order valence-corrected chi connectivity index (χ3v) is 3.82. The van der Waals surface area contributed by atoms with Crippen LogP contribution in [0.2, 0.25) is 0 Å². The molecule has 0 radical (unpaired) electrons. The first-order valence-electron chi connectivity index (χ1n) is 7.66. The predicted molar refractivity (Wildman–Crippen MR) is 92.7 cm³/mol. The number of hydrogen-bond donors (Lipinski definition) is 2. The Morgan fingerprint density at radius 2 is 1.67 bits per heavy atom. The van der Waals surface area contributed by atoms with Crippen molar-refractivity contribution >= 4 is 12.6 Å². The number of ether oxygens (including phenoxy) is 2. The van der Waals surface area contributed by atoms with Crippen LogP contribution in [0.3, 0.4) is 0 Å². The summed E-state index contributed by atoms with van der Waals surface area (Å²) in [5.74, 6) is 0.388. The van der Waals surface area contributed by atoms with Crippen molar-refractivity contribution in [3.8, 4) is 17.2 Å². The lowest BCUT2D eigenvalue weighted by molar-refractivity contribution is 0.374. The van der Waals surface area contributed by atoms with Gasteiger partial charge in [-0.15, -0.1) is 0 Å². The molecule has 128 valence electrons. The lowest BCUT2D eigenvalue weighted by Gasteiger charge is -2.23. The molecule has 6 heteroatoms. The molecule has 0 aliphatic heterocycles. The quantitative estimate of drug-likeness (QED) is 0.846. The predicted octanol–water partition coefficient (Wildman–Crippen LogP) is 2.91. The molecule has 0 saturated heterocycles. The van der Waals surface area contributed by atoms with E-state index in [0.717, 1.165) is 5.56 Å². The Balaban J connectivity index is 2.58. The summed E-state index contributed by atoms with van der Waals surface area (Å²) in [5.41, 5.74) is 1.82. The van der Waals surface area contributed by atoms with E-state index in [2.05, 4.69) is 20.8 Å². The van der Waals surface area contributed by atoms with E-state index in [9.17, 15) is 14.4 Å². The van der Waals surface area contributed by atoms with E-state index in [1.54, 1.807) is 13.0 Å². The molecule has 4 nitrogen and oxygen atoms in total. The van der Waals surface area contributed by atoms with Gasteiger partial charge in [-0.3, -0.25) is 0 Å². The maximum atomic E-state index is 13.3. The van der Waals surface area contributed by atoms with Crippen LogP contribution in [0.4, 0.5) is 4.39 Å². The van der Waals surface area contributed by atoms with Crippen LogP contribution in [0.15, 0.2) is 30.3 Å². The van der Waals surface area contributed by atoms with Crippen LogP contribution in [0.1, 0.15) is 31.9 Å². The lowest BCUT2D eigenvalue weighted by atomic mass is 9.74. The molecule has 2 aromatic rings. The average Bonchev–Trinajstić information content (AvgIpc) is 2.47. The Hall–Kier alpha value is -2.05. The summed E-state index contributed by atoms with van der Waals surface area (Å²) in [5, 5.41) is 19.4. The minimum absolute atomic E-state index is 0.144. The van der Waals surface area contributed by atoms with Crippen molar-refractivity contribution in [2.24, 2.45) is 0 Å². The van der Waals surface area contributed by atoms with Crippen molar-refractivity contribution in [1.29, 1.82) is 0 Å². The van der Waals surface area contributed by atoms with Gasteiger partial charge in [-0.25, -0.2) is 4.39 Å². The molecule has 24 heavy (non-hydrogen) atoms. The SMILES string of the molecule is COc1cc(F)ccc1Oc1cc(C(C)(C)C)cc(C)c1B(O)O. The van der Waals surface area contributed by atoms with Gasteiger partial charge in [-0.1, -0.05) is 26.8 Å². The highest BCUT2D eigenvalue weighted by molar-refractivity contribution is 6.60. The molecule has 0 atom stereocenters. The van der Waals surface area contributed by atoms with Crippen molar-refractivity contribution < 1.29 is 23.9 Å². The Kier molecular flexibility index (Phi) is 5.21. The van der Waals surface area contributed by atoms with Crippen molar-refractivity contribution in [2.75, 3.05) is 7.11 Å². The van der Waals surface area contributed by atoms with Crippen LogP contribution < -0.4 is 14.9 Å². The summed E-state index contributed by atoms with van der Waals surface area (Å²) in [7, 11) is -0.263. The molecule has 0 aromatic heterocycles. The highest BCUT2D eigenvalue weighted by atomic mass is 19.1. The van der Waals surface area contributed by atoms with Gasteiger partial charge in [0, 0.05) is 11.5 Å². The number of benzene rings is 2. The summed E-state index contributed by atoms with van der Waals surface area (Å²) in [4.78, 5) is 0. The van der Waals surface area contributed by atoms with E-state index in [4.69, 9.17) is 9.47 Å². The van der Waals surface area contributed by atoms with Gasteiger partial charge in [0.05, 0.1) is 7.11 Å². The Morgan fingerprint density at radius 1 is 1.00 bits per heavy atom. The number of halogens is 1. The van der Waals surface area contributed by atoms with Crippen molar-refractivity contribution in [3.63, 3.8) is 0 Å². The molecule has 0 amide bonds. The molecule has 0 saturated carbocycles. The van der Waals surface area contributed by atoms with Crippen LogP contribution in [-0.2, 0) is 5.41 Å². The second-order valence-electron chi connectivity index (χ2n) is 6.73. The summed E-state index contributed by atoms with van der Waals surface area (Å²) in [6, 6.07) is 7.59. The molecule has 0 aliphatic carbocycles. The maximum absolute atomic E-state index is 13.3. The number of methoxy groups -OCH3 is 1. The summed E-state index contributed by atoms with van der Waals surface area (Å²) in [6.45, 7) is 7.95. The fourth-order valence-corrected chi connectivity index (χ4v) is 2.46. The van der Waals surface area contributed by atoms with Gasteiger partial charge >= 0.3 is 7.12 Å². The van der Waals surface area contributed by atoms with Gasteiger partial charge in [-0.05, 0) is 41.7 Å². The van der Waals surface area contributed by atoms with E-state index in [1.807, 2.05) is 6.07 Å². The van der Waals surface area contributed by atoms with Crippen molar-refractivity contribution in [1.82, 2.24) is 0 Å². The van der Waals surface area contributed by atoms with Crippen LogP contribution in [-0.4, -0.2) is 24.3 Å². The van der Waals surface area contributed by atoms with Gasteiger partial charge in [0.15, 0.2) is 11.5 Å². The molecule has 0 heterocycles. The Morgan fingerprint density at radius 3 is 2.21 bits per heavy atom. The van der Waals surface area contributed by atoms with E-state index in [0.29, 0.717) is 17.1 Å². The monoisotopic (exact) mass is 332 g/mol. The molecular weight excluding hydrogens is 310 g/mol. The normalized spacial score (nSPS) is 11.3. The van der Waals surface area contributed by atoms with Gasteiger partial charge in [0.25, 0.3) is 0 Å². The Bertz CT molecular complexity index is 739. The summed E-state index contributed by atoms with van der Waals surface area (Å²) >= 11 is 0. The molecule has 0 unspecified atom stereocenters. The zero-order valence-electron chi connectivity index (χ0n) is 14.6. The third-order valence-electron chi connectivity index (χ3n) is 3.82. The van der Waals surface area contributed by atoms with Crippen LogP contribution in [0.25, 0.3) is 0 Å². The highest BCUT2D eigenvalue weighted by Gasteiger charge is 2.25. The second kappa shape index (κ2) is 6.83. The molecule has 0 fully saturated rings. The fourth-order valence-electron chi connectivity index (χ4n) is 2.46. The maximum Gasteiger partial charge on any atom is 0.492 e. The van der Waals surface area contributed by atoms with Gasteiger partial charge in [-0.2, -0.15) is 0 Å². The average molecular weight is 332 g/mol. The molecule has 2 aromatic carbocycles. The van der Waals surface area contributed by atoms with Crippen LogP contribution >= 0.6 is 0 Å². The Labute approximate surface area is 142 Å². The fraction of sp³-hybridized carbons (Fsp3) is 0.333. The van der Waals surface area contributed by atoms with Crippen LogP contribution in [0.5, 0.6) is 17.2 Å². The van der Waals surface area contributed by atoms with E-state index < -0.39 is 12.9 Å². The van der Waals surface area contributed by atoms with Crippen LogP contribution in [0, 0.1) is 12.7 Å². The van der Waals surface area contributed by atoms with Gasteiger partial charge < -0.3 is 19.5 Å². The first-order valence-corrected chi connectivity index (χ1v) is 7.66. The largest absolute Gasteiger partial charge is 0.493 e. The number of aryl methyl sites for hydroxylation is 1. The second-order valence-corrected chi connectivity index (χ2v) is 6.73. The van der Waals surface area contributed by atoms with Crippen molar-refractivity contribution in [2.45, 2.75) is 33.1 Å². The zero-order chi connectivity index (χ0) is 18.1. The molecule has 0 aliphatic rings. The minimum Gasteiger partial charge on any atom is -0.493 e. The molecule has 0 spiro atoms. The number of rotatable bonds is 4. The molecule has 2 N–H and O–H groups in total. The summed E-state index contributed by atoms with van der Waals surface area (Å²) in [6.07, 6.45) is 0. The van der Waals surface area contributed by atoms with E-state index in [1.165, 1.54) is 25.3 Å². The molecule has 2 rings (SSSR count). The first-order chi connectivity index (χ1) is 11.1. The van der Waals surface area contributed by atoms with Crippen molar-refractivity contribution in [3.05, 3.63) is 47.3 Å². The zero-order valence-corrected chi connectivity index (χ0v) is 14.6.